The van der Waals surface area contributed by atoms with Crippen molar-refractivity contribution in [3.05, 3.63) is 76.6 Å². The number of likely N-dealkylation sites (tertiary alicyclic amines) is 2. The molecule has 1 amide bonds. The third kappa shape index (κ3) is 5.61. The minimum atomic E-state index is -0.212. The monoisotopic (exact) mass is 585 g/mol. The van der Waals surface area contributed by atoms with E-state index in [-0.39, 0.29) is 30.4 Å². The minimum absolute atomic E-state index is 0.0534. The van der Waals surface area contributed by atoms with E-state index in [4.69, 9.17) is 31.0 Å². The second kappa shape index (κ2) is 12.4. The molecule has 8 nitrogen and oxygen atoms in total. The summed E-state index contributed by atoms with van der Waals surface area (Å²) in [6.45, 7) is 6.17. The van der Waals surface area contributed by atoms with Gasteiger partial charge >= 0.3 is 6.01 Å². The van der Waals surface area contributed by atoms with Crippen molar-refractivity contribution in [1.82, 2.24) is 19.8 Å². The Morgan fingerprint density at radius 1 is 1.21 bits per heavy atom. The number of likely N-dealkylation sites (N-methyl/N-ethyl adjacent to an activating group) is 1. The third-order valence-corrected chi connectivity index (χ3v) is 9.42. The highest BCUT2D eigenvalue weighted by Crippen LogP contribution is 2.41. The van der Waals surface area contributed by atoms with Gasteiger partial charge in [-0.2, -0.15) is 15.2 Å². The molecule has 2 unspecified atom stereocenters. The Kier molecular flexibility index (Phi) is 8.43. The lowest BCUT2D eigenvalue weighted by Gasteiger charge is -2.39. The first-order valence-corrected chi connectivity index (χ1v) is 15.2. The summed E-state index contributed by atoms with van der Waals surface area (Å²) in [5.74, 6) is -0.0827. The molecule has 2 aromatic carbocycles. The number of benzene rings is 2. The van der Waals surface area contributed by atoms with E-state index in [0.717, 1.165) is 59.1 Å². The summed E-state index contributed by atoms with van der Waals surface area (Å²) in [5.41, 5.74) is 3.88. The van der Waals surface area contributed by atoms with Gasteiger partial charge in [0.25, 0.3) is 0 Å². The number of halogens is 1. The van der Waals surface area contributed by atoms with Gasteiger partial charge in [0.1, 0.15) is 6.61 Å². The van der Waals surface area contributed by atoms with Gasteiger partial charge in [-0.15, -0.1) is 0 Å². The van der Waals surface area contributed by atoms with Crippen molar-refractivity contribution >= 4 is 28.3 Å². The molecular weight excluding hydrogens is 550 g/mol. The highest BCUT2D eigenvalue weighted by molar-refractivity contribution is 6.35. The second-order valence-electron chi connectivity index (χ2n) is 11.6. The highest BCUT2D eigenvalue weighted by Gasteiger charge is 2.36. The predicted octanol–water partition coefficient (Wildman–Crippen LogP) is 5.74. The van der Waals surface area contributed by atoms with Crippen LogP contribution in [-0.2, 0) is 22.6 Å². The number of hydrogen-bond acceptors (Lipinski definition) is 7. The lowest BCUT2D eigenvalue weighted by molar-refractivity contribution is -0.129. The first kappa shape index (κ1) is 28.6. The van der Waals surface area contributed by atoms with Gasteiger partial charge in [0, 0.05) is 46.9 Å². The molecule has 6 rings (SSSR count). The summed E-state index contributed by atoms with van der Waals surface area (Å²) in [7, 11) is 2.13. The van der Waals surface area contributed by atoms with Crippen LogP contribution in [0.4, 0.5) is 0 Å². The van der Waals surface area contributed by atoms with E-state index in [0.29, 0.717) is 49.7 Å². The van der Waals surface area contributed by atoms with Gasteiger partial charge < -0.3 is 19.3 Å². The number of nitrogens with zero attached hydrogens (tertiary/aromatic N) is 5. The first-order valence-electron chi connectivity index (χ1n) is 14.8. The smallest absolute Gasteiger partial charge is 0.316 e. The number of nitriles is 1. The molecule has 0 aliphatic carbocycles. The molecule has 0 saturated carbocycles. The SMILES string of the molecule is C=CC(=O)N1CCC(c2nc(OC[C@@H]3CCCN3C)nc3c2COC(c2cccc4cccc(Cl)c24)C3)C[C@@H]1CC#N. The molecule has 3 aromatic rings. The van der Waals surface area contributed by atoms with E-state index in [2.05, 4.69) is 42.8 Å². The lowest BCUT2D eigenvalue weighted by Crippen LogP contribution is -2.45. The predicted molar refractivity (Wildman–Crippen MR) is 161 cm³/mol. The Bertz CT molecular complexity index is 1530. The van der Waals surface area contributed by atoms with Crippen LogP contribution in [0.15, 0.2) is 49.1 Å². The minimum Gasteiger partial charge on any atom is -0.462 e. The molecule has 1 aromatic heterocycles. The van der Waals surface area contributed by atoms with E-state index in [1.807, 2.05) is 18.2 Å². The molecule has 0 bridgehead atoms. The summed E-state index contributed by atoms with van der Waals surface area (Å²) in [5, 5.41) is 12.3. The van der Waals surface area contributed by atoms with Crippen LogP contribution >= 0.6 is 11.6 Å². The van der Waals surface area contributed by atoms with Crippen molar-refractivity contribution in [2.24, 2.45) is 0 Å². The molecule has 3 aliphatic heterocycles. The lowest BCUT2D eigenvalue weighted by atomic mass is 9.83. The van der Waals surface area contributed by atoms with Crippen molar-refractivity contribution in [3.8, 4) is 12.1 Å². The Labute approximate surface area is 251 Å². The van der Waals surface area contributed by atoms with Crippen LogP contribution in [0.5, 0.6) is 6.01 Å². The first-order chi connectivity index (χ1) is 20.5. The molecule has 218 valence electrons. The maximum Gasteiger partial charge on any atom is 0.316 e. The highest BCUT2D eigenvalue weighted by atomic mass is 35.5. The van der Waals surface area contributed by atoms with E-state index in [1.165, 1.54) is 6.08 Å². The number of piperidine rings is 1. The second-order valence-corrected chi connectivity index (χ2v) is 12.0. The van der Waals surface area contributed by atoms with Crippen molar-refractivity contribution < 1.29 is 14.3 Å². The molecule has 0 spiro atoms. The number of carbonyl (C=O) groups is 1. The maximum atomic E-state index is 12.5. The molecule has 4 atom stereocenters. The average molecular weight is 586 g/mol. The molecule has 0 N–H and O–H groups in total. The summed E-state index contributed by atoms with van der Waals surface area (Å²) in [4.78, 5) is 26.6. The summed E-state index contributed by atoms with van der Waals surface area (Å²) in [6.07, 6.45) is 5.59. The number of hydrogen-bond donors (Lipinski definition) is 0. The largest absolute Gasteiger partial charge is 0.462 e. The van der Waals surface area contributed by atoms with Gasteiger partial charge in [0.2, 0.25) is 5.91 Å². The summed E-state index contributed by atoms with van der Waals surface area (Å²) < 4.78 is 12.8. The van der Waals surface area contributed by atoms with Crippen molar-refractivity contribution in [2.75, 3.05) is 26.7 Å². The molecule has 3 aliphatic rings. The van der Waals surface area contributed by atoms with Crippen LogP contribution in [0, 0.1) is 11.3 Å². The van der Waals surface area contributed by atoms with Gasteiger partial charge in [-0.05, 0) is 62.4 Å². The van der Waals surface area contributed by atoms with Crippen LogP contribution < -0.4 is 4.74 Å². The molecule has 2 saturated heterocycles. The fourth-order valence-corrected chi connectivity index (χ4v) is 7.12. The average Bonchev–Trinajstić information content (AvgIpc) is 3.43. The van der Waals surface area contributed by atoms with Crippen LogP contribution in [0.3, 0.4) is 0 Å². The van der Waals surface area contributed by atoms with Crippen LogP contribution in [0.25, 0.3) is 10.8 Å². The Hall–Kier alpha value is -3.51. The van der Waals surface area contributed by atoms with E-state index >= 15 is 0 Å². The van der Waals surface area contributed by atoms with E-state index < -0.39 is 0 Å². The van der Waals surface area contributed by atoms with E-state index in [1.54, 1.807) is 4.90 Å². The number of fused-ring (bicyclic) bond motifs is 2. The van der Waals surface area contributed by atoms with Crippen LogP contribution in [-0.4, -0.2) is 64.5 Å². The maximum absolute atomic E-state index is 12.5. The van der Waals surface area contributed by atoms with Gasteiger partial charge in [-0.3, -0.25) is 4.79 Å². The van der Waals surface area contributed by atoms with Gasteiger partial charge in [0.15, 0.2) is 0 Å². The number of ether oxygens (including phenoxy) is 2. The number of aromatic nitrogens is 2. The molecule has 2 fully saturated rings. The van der Waals surface area contributed by atoms with E-state index in [9.17, 15) is 10.1 Å². The topological polar surface area (TPSA) is 91.6 Å². The summed E-state index contributed by atoms with van der Waals surface area (Å²) in [6, 6.07) is 14.9. The van der Waals surface area contributed by atoms with Gasteiger partial charge in [0.05, 0.1) is 36.6 Å². The number of carbonyl (C=O) groups excluding carboxylic acids is 1. The normalized spacial score (nSPS) is 24.3. The van der Waals surface area contributed by atoms with Gasteiger partial charge in [-0.25, -0.2) is 0 Å². The summed E-state index contributed by atoms with van der Waals surface area (Å²) >= 11 is 6.67. The molecule has 0 radical (unpaired) electrons. The molecule has 9 heteroatoms. The van der Waals surface area contributed by atoms with Crippen molar-refractivity contribution in [1.29, 1.82) is 5.26 Å². The zero-order chi connectivity index (χ0) is 29.2. The van der Waals surface area contributed by atoms with Crippen LogP contribution in [0.1, 0.15) is 66.6 Å². The van der Waals surface area contributed by atoms with Gasteiger partial charge in [-0.1, -0.05) is 48.5 Å². The number of rotatable bonds is 7. The third-order valence-electron chi connectivity index (χ3n) is 9.11. The van der Waals surface area contributed by atoms with Crippen molar-refractivity contribution in [2.45, 2.75) is 69.2 Å². The molecular formula is C33H36ClN5O3. The number of amides is 1. The van der Waals surface area contributed by atoms with Crippen molar-refractivity contribution in [3.63, 3.8) is 0 Å². The Morgan fingerprint density at radius 2 is 2.05 bits per heavy atom. The molecule has 42 heavy (non-hydrogen) atoms. The zero-order valence-electron chi connectivity index (χ0n) is 24.0. The molecule has 4 heterocycles. The Morgan fingerprint density at radius 3 is 2.81 bits per heavy atom. The fourth-order valence-electron chi connectivity index (χ4n) is 6.83. The fraction of sp³-hybridized carbons (Fsp3) is 0.455. The standard InChI is InChI=1S/C33H36ClN5O3/c1-3-30(40)39-16-13-22(17-23(39)12-14-35)32-26-20-41-29(25-10-4-7-21-8-5-11-27(34)31(21)25)18-28(26)36-33(37-32)42-19-24-9-6-15-38(24)2/h3-5,7-8,10-11,22-24,29H,1,6,9,12-13,15-20H2,2H3/t22?,23-,24-,29?/m0/s1. The quantitative estimate of drug-likeness (QED) is 0.326. The van der Waals surface area contributed by atoms with Crippen LogP contribution in [0.2, 0.25) is 5.02 Å². The zero-order valence-corrected chi connectivity index (χ0v) is 24.7. The Balaban J connectivity index is 1.34.